The van der Waals surface area contributed by atoms with Gasteiger partial charge in [0.25, 0.3) is 0 Å². The summed E-state index contributed by atoms with van der Waals surface area (Å²) >= 11 is 5.99. The zero-order chi connectivity index (χ0) is 24.1. The maximum absolute atomic E-state index is 13.1. The van der Waals surface area contributed by atoms with Gasteiger partial charge in [0.1, 0.15) is 0 Å². The third-order valence-corrected chi connectivity index (χ3v) is 7.22. The van der Waals surface area contributed by atoms with Crippen molar-refractivity contribution in [2.75, 3.05) is 65.6 Å². The molecule has 2 aliphatic heterocycles. The molecule has 2 aliphatic rings. The van der Waals surface area contributed by atoms with Crippen LogP contribution in [0.1, 0.15) is 27.3 Å². The molecule has 0 bridgehead atoms. The second kappa shape index (κ2) is 11.5. The zero-order valence-electron chi connectivity index (χ0n) is 20.3. The topological polar surface area (TPSA) is 58.0 Å². The van der Waals surface area contributed by atoms with Crippen molar-refractivity contribution in [3.05, 3.63) is 57.9 Å². The van der Waals surface area contributed by atoms with Gasteiger partial charge in [-0.2, -0.15) is 0 Å². The van der Waals surface area contributed by atoms with E-state index >= 15 is 0 Å². The van der Waals surface area contributed by atoms with Crippen molar-refractivity contribution in [1.82, 2.24) is 19.3 Å². The number of nitrogens with zero attached hydrogens (tertiary/aromatic N) is 4. The zero-order valence-corrected chi connectivity index (χ0v) is 21.0. The molecule has 0 saturated carbocycles. The first kappa shape index (κ1) is 24.9. The van der Waals surface area contributed by atoms with Gasteiger partial charge in [0.15, 0.2) is 5.78 Å². The van der Waals surface area contributed by atoms with Gasteiger partial charge in [-0.3, -0.25) is 19.4 Å². The first-order chi connectivity index (χ1) is 16.4. The van der Waals surface area contributed by atoms with Crippen LogP contribution >= 0.6 is 11.6 Å². The molecule has 1 aromatic carbocycles. The summed E-state index contributed by atoms with van der Waals surface area (Å²) in [6, 6.07) is 9.96. The summed E-state index contributed by atoms with van der Waals surface area (Å²) in [5, 5.41) is 0.745. The number of aryl methyl sites for hydroxylation is 2. The Balaban J connectivity index is 1.26. The molecule has 2 aromatic rings. The quantitative estimate of drug-likeness (QED) is 0.537. The molecule has 0 N–H and O–H groups in total. The number of rotatable bonds is 8. The Morgan fingerprint density at radius 2 is 1.53 bits per heavy atom. The number of halogens is 1. The average Bonchev–Trinajstić information content (AvgIpc) is 3.13. The summed E-state index contributed by atoms with van der Waals surface area (Å²) in [5.74, 6) is 0.350. The lowest BCUT2D eigenvalue weighted by Gasteiger charge is -2.35. The van der Waals surface area contributed by atoms with E-state index in [0.717, 1.165) is 61.1 Å². The Labute approximate surface area is 207 Å². The number of amides is 1. The number of morpholine rings is 1. The van der Waals surface area contributed by atoms with Gasteiger partial charge in [-0.15, -0.1) is 0 Å². The molecule has 3 heterocycles. The number of carbonyl (C=O) groups excluding carboxylic acids is 2. The molecule has 1 amide bonds. The van der Waals surface area contributed by atoms with E-state index in [2.05, 4.69) is 33.4 Å². The number of aromatic nitrogens is 1. The summed E-state index contributed by atoms with van der Waals surface area (Å²) in [4.78, 5) is 31.9. The third-order valence-electron chi connectivity index (χ3n) is 6.97. The summed E-state index contributed by atoms with van der Waals surface area (Å²) < 4.78 is 7.56. The largest absolute Gasteiger partial charge is 0.378 e. The molecule has 7 nitrogen and oxygen atoms in total. The molecule has 4 rings (SSSR count). The monoisotopic (exact) mass is 486 g/mol. The van der Waals surface area contributed by atoms with Gasteiger partial charge in [0.2, 0.25) is 5.91 Å². The van der Waals surface area contributed by atoms with Gasteiger partial charge in [-0.25, -0.2) is 0 Å². The highest BCUT2D eigenvalue weighted by Gasteiger charge is 2.25. The number of piperazine rings is 1. The number of Topliss-reactive ketones (excluding diaryl/α,β-unsaturated/α-hetero) is 1. The van der Waals surface area contributed by atoms with Gasteiger partial charge in [0, 0.05) is 67.8 Å². The molecule has 0 spiro atoms. The van der Waals surface area contributed by atoms with Crippen molar-refractivity contribution in [3.63, 3.8) is 0 Å². The first-order valence-corrected chi connectivity index (χ1v) is 12.5. The molecule has 8 heteroatoms. The number of ether oxygens (including phenoxy) is 1. The molecule has 0 aliphatic carbocycles. The van der Waals surface area contributed by atoms with E-state index in [1.54, 1.807) is 0 Å². The van der Waals surface area contributed by atoms with Gasteiger partial charge >= 0.3 is 0 Å². The third kappa shape index (κ3) is 6.27. The highest BCUT2D eigenvalue weighted by molar-refractivity contribution is 6.30. The van der Waals surface area contributed by atoms with E-state index in [1.165, 1.54) is 5.56 Å². The van der Waals surface area contributed by atoms with Crippen LogP contribution in [-0.4, -0.2) is 96.5 Å². The number of hydrogen-bond donors (Lipinski definition) is 0. The van der Waals surface area contributed by atoms with Crippen molar-refractivity contribution in [3.8, 4) is 0 Å². The first-order valence-electron chi connectivity index (χ1n) is 12.2. The molecule has 2 saturated heterocycles. The van der Waals surface area contributed by atoms with E-state index < -0.39 is 0 Å². The molecular formula is C26H35ClN4O3. The molecular weight excluding hydrogens is 452 g/mol. The van der Waals surface area contributed by atoms with Crippen LogP contribution in [0.5, 0.6) is 0 Å². The van der Waals surface area contributed by atoms with Crippen molar-refractivity contribution < 1.29 is 14.3 Å². The van der Waals surface area contributed by atoms with E-state index in [9.17, 15) is 9.59 Å². The lowest BCUT2D eigenvalue weighted by Crippen LogP contribution is -2.52. The smallest absolute Gasteiger partial charge is 0.236 e. The van der Waals surface area contributed by atoms with Crippen LogP contribution in [0.3, 0.4) is 0 Å². The van der Waals surface area contributed by atoms with Crippen LogP contribution in [0.15, 0.2) is 30.3 Å². The highest BCUT2D eigenvalue weighted by atomic mass is 35.5. The number of hydrogen-bond acceptors (Lipinski definition) is 5. The van der Waals surface area contributed by atoms with Crippen LogP contribution < -0.4 is 0 Å². The standard InChI is InChI=1S/C26H35ClN4O3/c1-20-17-24(21(2)31(20)8-7-22-3-5-23(27)6-4-22)25(32)18-28-9-11-29(12-10-28)19-26(33)30-13-15-34-16-14-30/h3-6,17H,7-16,18-19H2,1-2H3. The second-order valence-corrected chi connectivity index (χ2v) is 9.72. The molecule has 34 heavy (non-hydrogen) atoms. The Morgan fingerprint density at radius 3 is 2.18 bits per heavy atom. The fourth-order valence-electron chi connectivity index (χ4n) is 4.82. The van der Waals surface area contributed by atoms with Gasteiger partial charge < -0.3 is 14.2 Å². The van der Waals surface area contributed by atoms with Crippen molar-refractivity contribution in [2.24, 2.45) is 0 Å². The maximum Gasteiger partial charge on any atom is 0.236 e. The molecule has 0 unspecified atom stereocenters. The average molecular weight is 487 g/mol. The number of benzene rings is 1. The van der Waals surface area contributed by atoms with Crippen molar-refractivity contribution >= 4 is 23.3 Å². The molecule has 0 atom stereocenters. The van der Waals surface area contributed by atoms with Crippen LogP contribution in [0, 0.1) is 13.8 Å². The number of carbonyl (C=O) groups is 2. The maximum atomic E-state index is 13.1. The van der Waals surface area contributed by atoms with Crippen molar-refractivity contribution in [2.45, 2.75) is 26.8 Å². The Hall–Kier alpha value is -2.19. The second-order valence-electron chi connectivity index (χ2n) is 9.28. The molecule has 1 aromatic heterocycles. The lowest BCUT2D eigenvalue weighted by molar-refractivity contribution is -0.136. The van der Waals surface area contributed by atoms with Crippen LogP contribution in [0.2, 0.25) is 5.02 Å². The molecule has 2 fully saturated rings. The van der Waals surface area contributed by atoms with Gasteiger partial charge in [-0.1, -0.05) is 23.7 Å². The Morgan fingerprint density at radius 1 is 0.912 bits per heavy atom. The number of ketones is 1. The predicted octanol–water partition coefficient (Wildman–Crippen LogP) is 2.66. The fourth-order valence-corrected chi connectivity index (χ4v) is 4.94. The van der Waals surface area contributed by atoms with Gasteiger partial charge in [0.05, 0.1) is 26.3 Å². The summed E-state index contributed by atoms with van der Waals surface area (Å²) in [6.07, 6.45) is 0.895. The summed E-state index contributed by atoms with van der Waals surface area (Å²) in [7, 11) is 0. The van der Waals surface area contributed by atoms with Crippen LogP contribution in [-0.2, 0) is 22.5 Å². The minimum absolute atomic E-state index is 0.170. The van der Waals surface area contributed by atoms with Crippen LogP contribution in [0.4, 0.5) is 0 Å². The molecule has 184 valence electrons. The Bertz CT molecular complexity index is 990. The summed E-state index contributed by atoms with van der Waals surface area (Å²) in [6.45, 7) is 11.7. The van der Waals surface area contributed by atoms with E-state index in [0.29, 0.717) is 39.4 Å². The Kier molecular flexibility index (Phi) is 8.42. The normalized spacial score (nSPS) is 17.8. The predicted molar refractivity (Wildman–Crippen MR) is 134 cm³/mol. The van der Waals surface area contributed by atoms with Crippen molar-refractivity contribution in [1.29, 1.82) is 0 Å². The van der Waals surface area contributed by atoms with Crippen LogP contribution in [0.25, 0.3) is 0 Å². The van der Waals surface area contributed by atoms with E-state index in [4.69, 9.17) is 16.3 Å². The summed E-state index contributed by atoms with van der Waals surface area (Å²) in [5.41, 5.74) is 4.20. The minimum Gasteiger partial charge on any atom is -0.378 e. The van der Waals surface area contributed by atoms with E-state index in [1.807, 2.05) is 30.0 Å². The van der Waals surface area contributed by atoms with Gasteiger partial charge in [-0.05, 0) is 44.0 Å². The lowest BCUT2D eigenvalue weighted by atomic mass is 10.1. The molecule has 0 radical (unpaired) electrons. The minimum atomic E-state index is 0.170. The highest BCUT2D eigenvalue weighted by Crippen LogP contribution is 2.18. The SMILES string of the molecule is Cc1cc(C(=O)CN2CCN(CC(=O)N3CCOCC3)CC2)c(C)n1CCc1ccc(Cl)cc1. The fraction of sp³-hybridized carbons (Fsp3) is 0.538. The van der Waals surface area contributed by atoms with E-state index in [-0.39, 0.29) is 11.7 Å².